The summed E-state index contributed by atoms with van der Waals surface area (Å²) in [4.78, 5) is 24.6. The zero-order valence-corrected chi connectivity index (χ0v) is 11.3. The Morgan fingerprint density at radius 2 is 2.18 bits per heavy atom. The first-order valence-electron chi connectivity index (χ1n) is 6.11. The van der Waals surface area contributed by atoms with Crippen LogP contribution in [0, 0.1) is 0 Å². The van der Waals surface area contributed by atoms with Crippen LogP contribution in [0.1, 0.15) is 39.0 Å². The van der Waals surface area contributed by atoms with Crippen molar-refractivity contribution < 1.29 is 14.7 Å². The zero-order valence-electron chi connectivity index (χ0n) is 10.5. The maximum atomic E-state index is 12.1. The van der Waals surface area contributed by atoms with E-state index in [-0.39, 0.29) is 23.6 Å². The number of carboxylic acid groups (broad SMARTS) is 1. The number of likely N-dealkylation sites (tertiary alicyclic amines) is 1. The van der Waals surface area contributed by atoms with Crippen molar-refractivity contribution in [2.75, 3.05) is 12.8 Å². The highest BCUT2D eigenvalue weighted by Gasteiger charge is 2.29. The average Bonchev–Trinajstić information content (AvgIpc) is 2.34. The molecule has 1 amide bonds. The fourth-order valence-corrected chi connectivity index (χ4v) is 2.55. The van der Waals surface area contributed by atoms with Crippen LogP contribution in [0.4, 0.5) is 0 Å². The van der Waals surface area contributed by atoms with Crippen LogP contribution in [-0.4, -0.2) is 46.0 Å². The molecule has 1 N–H and O–H groups in total. The quantitative estimate of drug-likeness (QED) is 0.820. The molecule has 1 fully saturated rings. The van der Waals surface area contributed by atoms with Crippen molar-refractivity contribution in [1.29, 1.82) is 0 Å². The topological polar surface area (TPSA) is 57.6 Å². The van der Waals surface area contributed by atoms with Crippen molar-refractivity contribution in [2.45, 2.75) is 50.3 Å². The Balaban J connectivity index is 2.58. The lowest BCUT2D eigenvalue weighted by Crippen LogP contribution is -2.47. The minimum absolute atomic E-state index is 0.0274. The van der Waals surface area contributed by atoms with E-state index in [2.05, 4.69) is 0 Å². The molecule has 0 spiro atoms. The molecule has 0 saturated carbocycles. The van der Waals surface area contributed by atoms with E-state index < -0.39 is 5.97 Å². The van der Waals surface area contributed by atoms with Gasteiger partial charge in [-0.1, -0.05) is 0 Å². The number of amides is 1. The highest BCUT2D eigenvalue weighted by atomic mass is 32.2. The Hall–Kier alpha value is -0.710. The third-order valence-corrected chi connectivity index (χ3v) is 4.21. The number of hydrogen-bond donors (Lipinski definition) is 1. The normalized spacial score (nSPS) is 22.2. The number of aliphatic carboxylic acids is 1. The minimum Gasteiger partial charge on any atom is -0.481 e. The van der Waals surface area contributed by atoms with Crippen LogP contribution in [0.5, 0.6) is 0 Å². The molecular weight excluding hydrogens is 238 g/mol. The molecule has 5 heteroatoms. The molecule has 98 valence electrons. The first kappa shape index (κ1) is 14.4. The largest absolute Gasteiger partial charge is 0.481 e. The van der Waals surface area contributed by atoms with Gasteiger partial charge >= 0.3 is 5.97 Å². The van der Waals surface area contributed by atoms with Gasteiger partial charge in [-0.2, -0.15) is 11.8 Å². The number of carbonyl (C=O) groups excluding carboxylic acids is 1. The lowest BCUT2D eigenvalue weighted by Gasteiger charge is -2.37. The van der Waals surface area contributed by atoms with Crippen molar-refractivity contribution in [3.05, 3.63) is 0 Å². The zero-order chi connectivity index (χ0) is 12.8. The maximum absolute atomic E-state index is 12.1. The number of rotatable bonds is 5. The van der Waals surface area contributed by atoms with Gasteiger partial charge in [0.25, 0.3) is 0 Å². The van der Waals surface area contributed by atoms with E-state index >= 15 is 0 Å². The van der Waals surface area contributed by atoms with E-state index in [4.69, 9.17) is 5.11 Å². The van der Waals surface area contributed by atoms with Crippen molar-refractivity contribution in [2.24, 2.45) is 0 Å². The lowest BCUT2D eigenvalue weighted by atomic mass is 9.97. The summed E-state index contributed by atoms with van der Waals surface area (Å²) in [7, 11) is 0. The Kier molecular flexibility index (Phi) is 5.82. The van der Waals surface area contributed by atoms with E-state index in [1.54, 1.807) is 11.8 Å². The summed E-state index contributed by atoms with van der Waals surface area (Å²) in [5, 5.41) is 8.69. The Morgan fingerprint density at radius 3 is 2.76 bits per heavy atom. The SMILES string of the molecule is CS[C@H](C)C(=O)N1CCCC[C@H]1CCC(=O)O. The predicted molar refractivity (Wildman–Crippen MR) is 69.2 cm³/mol. The van der Waals surface area contributed by atoms with Gasteiger partial charge in [0.1, 0.15) is 0 Å². The molecule has 0 aromatic heterocycles. The number of hydrogen-bond acceptors (Lipinski definition) is 3. The molecule has 2 atom stereocenters. The van der Waals surface area contributed by atoms with E-state index in [0.717, 1.165) is 25.8 Å². The molecular formula is C12H21NO3S. The van der Waals surface area contributed by atoms with E-state index in [9.17, 15) is 9.59 Å². The van der Waals surface area contributed by atoms with Crippen LogP contribution in [0.3, 0.4) is 0 Å². The highest BCUT2D eigenvalue weighted by Crippen LogP contribution is 2.23. The minimum atomic E-state index is -0.777. The molecule has 0 unspecified atom stereocenters. The average molecular weight is 259 g/mol. The highest BCUT2D eigenvalue weighted by molar-refractivity contribution is 7.99. The van der Waals surface area contributed by atoms with Gasteiger partial charge in [-0.3, -0.25) is 9.59 Å². The second-order valence-corrected chi connectivity index (χ2v) is 5.67. The van der Waals surface area contributed by atoms with Crippen LogP contribution in [0.25, 0.3) is 0 Å². The number of piperidine rings is 1. The number of thioether (sulfide) groups is 1. The molecule has 4 nitrogen and oxygen atoms in total. The first-order valence-corrected chi connectivity index (χ1v) is 7.40. The summed E-state index contributed by atoms with van der Waals surface area (Å²) in [6.45, 7) is 2.70. The van der Waals surface area contributed by atoms with Gasteiger partial charge in [0, 0.05) is 19.0 Å². The molecule has 0 radical (unpaired) electrons. The summed E-state index contributed by atoms with van der Waals surface area (Å²) < 4.78 is 0. The molecule has 1 heterocycles. The summed E-state index contributed by atoms with van der Waals surface area (Å²) in [5.74, 6) is -0.617. The molecule has 0 aromatic carbocycles. The Morgan fingerprint density at radius 1 is 1.47 bits per heavy atom. The maximum Gasteiger partial charge on any atom is 0.303 e. The van der Waals surface area contributed by atoms with Crippen LogP contribution in [-0.2, 0) is 9.59 Å². The summed E-state index contributed by atoms with van der Waals surface area (Å²) >= 11 is 1.55. The van der Waals surface area contributed by atoms with Gasteiger partial charge in [-0.05, 0) is 38.9 Å². The second-order valence-electron chi connectivity index (χ2n) is 4.49. The van der Waals surface area contributed by atoms with Gasteiger partial charge in [-0.15, -0.1) is 0 Å². The van der Waals surface area contributed by atoms with E-state index in [1.165, 1.54) is 0 Å². The molecule has 0 aromatic rings. The number of carbonyl (C=O) groups is 2. The Bertz CT molecular complexity index is 283. The molecule has 0 aliphatic carbocycles. The molecule has 1 aliphatic heterocycles. The van der Waals surface area contributed by atoms with Crippen LogP contribution < -0.4 is 0 Å². The molecule has 0 bridgehead atoms. The monoisotopic (exact) mass is 259 g/mol. The second kappa shape index (κ2) is 6.89. The van der Waals surface area contributed by atoms with Gasteiger partial charge in [0.2, 0.25) is 5.91 Å². The summed E-state index contributed by atoms with van der Waals surface area (Å²) in [5.41, 5.74) is 0. The van der Waals surface area contributed by atoms with Gasteiger partial charge in [0.05, 0.1) is 5.25 Å². The van der Waals surface area contributed by atoms with Crippen LogP contribution in [0.15, 0.2) is 0 Å². The number of nitrogens with zero attached hydrogens (tertiary/aromatic N) is 1. The lowest BCUT2D eigenvalue weighted by molar-refractivity contribution is -0.139. The van der Waals surface area contributed by atoms with Crippen molar-refractivity contribution in [3.63, 3.8) is 0 Å². The van der Waals surface area contributed by atoms with Crippen molar-refractivity contribution in [3.8, 4) is 0 Å². The number of carboxylic acids is 1. The van der Waals surface area contributed by atoms with Gasteiger partial charge in [0.15, 0.2) is 0 Å². The molecule has 1 saturated heterocycles. The predicted octanol–water partition coefficient (Wildman–Crippen LogP) is 1.98. The van der Waals surface area contributed by atoms with Crippen LogP contribution >= 0.6 is 11.8 Å². The standard InChI is InChI=1S/C12H21NO3S/c1-9(17-2)12(16)13-8-4-3-5-10(13)6-7-11(14)15/h9-10H,3-8H2,1-2H3,(H,14,15)/t9-,10+/m1/s1. The smallest absolute Gasteiger partial charge is 0.303 e. The fourth-order valence-electron chi connectivity index (χ4n) is 2.22. The Labute approximate surface area is 107 Å². The van der Waals surface area contributed by atoms with E-state index in [1.807, 2.05) is 18.1 Å². The summed E-state index contributed by atoms with van der Waals surface area (Å²) in [6.07, 6.45) is 5.75. The summed E-state index contributed by atoms with van der Waals surface area (Å²) in [6, 6.07) is 0.127. The molecule has 17 heavy (non-hydrogen) atoms. The van der Waals surface area contributed by atoms with Crippen molar-refractivity contribution >= 4 is 23.6 Å². The molecule has 1 rings (SSSR count). The third kappa shape index (κ3) is 4.22. The van der Waals surface area contributed by atoms with Gasteiger partial charge < -0.3 is 10.0 Å². The fraction of sp³-hybridized carbons (Fsp3) is 0.833. The first-order chi connectivity index (χ1) is 8.06. The molecule has 1 aliphatic rings. The van der Waals surface area contributed by atoms with Gasteiger partial charge in [-0.25, -0.2) is 0 Å². The van der Waals surface area contributed by atoms with Crippen molar-refractivity contribution in [1.82, 2.24) is 4.90 Å². The van der Waals surface area contributed by atoms with E-state index in [0.29, 0.717) is 6.42 Å². The van der Waals surface area contributed by atoms with Crippen LogP contribution in [0.2, 0.25) is 0 Å². The third-order valence-electron chi connectivity index (χ3n) is 3.30.